The third-order valence-electron chi connectivity index (χ3n) is 3.31. The lowest BCUT2D eigenvalue weighted by atomic mass is 10.0. The molecule has 1 aromatic carbocycles. The summed E-state index contributed by atoms with van der Waals surface area (Å²) in [6.07, 6.45) is 2.50. The van der Waals surface area contributed by atoms with Crippen molar-refractivity contribution in [1.82, 2.24) is 14.9 Å². The van der Waals surface area contributed by atoms with Crippen molar-refractivity contribution in [3.05, 3.63) is 47.5 Å². The number of hydrogen-bond donors (Lipinski definition) is 1. The molecule has 1 N–H and O–H groups in total. The zero-order valence-corrected chi connectivity index (χ0v) is 11.5. The molecule has 2 aromatic rings. The number of rotatable bonds is 4. The van der Waals surface area contributed by atoms with Gasteiger partial charge in [0.2, 0.25) is 0 Å². The molecule has 20 heavy (non-hydrogen) atoms. The molecule has 1 aromatic heterocycles. The van der Waals surface area contributed by atoms with Crippen molar-refractivity contribution >= 4 is 0 Å². The fraction of sp³-hybridized carbons (Fsp3) is 0.267. The van der Waals surface area contributed by atoms with Gasteiger partial charge in [-0.2, -0.15) is 10.5 Å². The molecule has 0 fully saturated rings. The maximum absolute atomic E-state index is 9.13. The molecule has 0 aliphatic rings. The monoisotopic (exact) mass is 265 g/mol. The third-order valence-corrected chi connectivity index (χ3v) is 3.31. The van der Waals surface area contributed by atoms with Gasteiger partial charge in [0.25, 0.3) is 0 Å². The summed E-state index contributed by atoms with van der Waals surface area (Å²) in [5.74, 6) is 0. The van der Waals surface area contributed by atoms with Crippen LogP contribution < -0.4 is 5.32 Å². The quantitative estimate of drug-likeness (QED) is 0.920. The third kappa shape index (κ3) is 2.40. The fourth-order valence-corrected chi connectivity index (χ4v) is 2.21. The average Bonchev–Trinajstić information content (AvgIpc) is 2.92. The van der Waals surface area contributed by atoms with Gasteiger partial charge in [0.1, 0.15) is 18.5 Å². The van der Waals surface area contributed by atoms with Crippen molar-refractivity contribution in [3.8, 4) is 17.8 Å². The second kappa shape index (κ2) is 6.01. The molecule has 0 aliphatic heterocycles. The van der Waals surface area contributed by atoms with Crippen LogP contribution >= 0.6 is 0 Å². The second-order valence-electron chi connectivity index (χ2n) is 4.38. The SMILES string of the molecule is CCC(NC)c1ccc(-n2cnc(C#N)c2C#N)cc1. The summed E-state index contributed by atoms with van der Waals surface area (Å²) in [7, 11) is 1.94. The highest BCUT2D eigenvalue weighted by Crippen LogP contribution is 2.19. The average molecular weight is 265 g/mol. The number of nitrogens with zero attached hydrogens (tertiary/aromatic N) is 4. The van der Waals surface area contributed by atoms with Crippen molar-refractivity contribution in [2.24, 2.45) is 0 Å². The normalized spacial score (nSPS) is 11.6. The minimum atomic E-state index is 0.151. The molecular formula is C15H15N5. The molecule has 0 radical (unpaired) electrons. The highest BCUT2D eigenvalue weighted by molar-refractivity contribution is 5.45. The molecule has 1 atom stereocenters. The molecule has 0 saturated carbocycles. The van der Waals surface area contributed by atoms with Gasteiger partial charge in [-0.3, -0.25) is 4.57 Å². The number of aromatic nitrogens is 2. The van der Waals surface area contributed by atoms with Crippen LogP contribution in [-0.4, -0.2) is 16.6 Å². The topological polar surface area (TPSA) is 77.4 Å². The Morgan fingerprint density at radius 1 is 1.25 bits per heavy atom. The lowest BCUT2D eigenvalue weighted by Gasteiger charge is -2.14. The van der Waals surface area contributed by atoms with E-state index in [4.69, 9.17) is 10.5 Å². The van der Waals surface area contributed by atoms with Crippen LogP contribution in [0.4, 0.5) is 0 Å². The van der Waals surface area contributed by atoms with Crippen LogP contribution in [0.3, 0.4) is 0 Å². The molecule has 100 valence electrons. The zero-order valence-electron chi connectivity index (χ0n) is 11.5. The van der Waals surface area contributed by atoms with Gasteiger partial charge in [0.05, 0.1) is 0 Å². The molecule has 0 aliphatic carbocycles. The van der Waals surface area contributed by atoms with Crippen LogP contribution in [0, 0.1) is 22.7 Å². The van der Waals surface area contributed by atoms with Gasteiger partial charge >= 0.3 is 0 Å². The van der Waals surface area contributed by atoms with Crippen LogP contribution in [0.5, 0.6) is 0 Å². The second-order valence-corrected chi connectivity index (χ2v) is 4.38. The molecule has 0 saturated heterocycles. The van der Waals surface area contributed by atoms with Crippen molar-refractivity contribution in [1.29, 1.82) is 10.5 Å². The first-order chi connectivity index (χ1) is 9.74. The van der Waals surface area contributed by atoms with Crippen LogP contribution in [0.2, 0.25) is 0 Å². The van der Waals surface area contributed by atoms with E-state index in [9.17, 15) is 0 Å². The standard InChI is InChI=1S/C15H15N5/c1-3-13(18-2)11-4-6-12(7-5-11)20-10-19-14(8-16)15(20)9-17/h4-7,10,13,18H,3H2,1-2H3. The molecule has 0 bridgehead atoms. The molecular weight excluding hydrogens is 250 g/mol. The Balaban J connectivity index is 2.39. The fourth-order valence-electron chi connectivity index (χ4n) is 2.21. The zero-order chi connectivity index (χ0) is 14.5. The van der Waals surface area contributed by atoms with Crippen LogP contribution in [0.15, 0.2) is 30.6 Å². The summed E-state index contributed by atoms with van der Waals surface area (Å²) in [5, 5.41) is 21.3. The minimum absolute atomic E-state index is 0.151. The Kier molecular flexibility index (Phi) is 4.14. The summed E-state index contributed by atoms with van der Waals surface area (Å²) in [6.45, 7) is 2.12. The highest BCUT2D eigenvalue weighted by Gasteiger charge is 2.12. The van der Waals surface area contributed by atoms with Gasteiger partial charge in [-0.05, 0) is 31.2 Å². The molecule has 5 heteroatoms. The largest absolute Gasteiger partial charge is 0.313 e. The highest BCUT2D eigenvalue weighted by atomic mass is 15.1. The Morgan fingerprint density at radius 2 is 1.95 bits per heavy atom. The van der Waals surface area contributed by atoms with Crippen molar-refractivity contribution in [3.63, 3.8) is 0 Å². The molecule has 1 heterocycles. The van der Waals surface area contributed by atoms with E-state index in [0.717, 1.165) is 12.1 Å². The van der Waals surface area contributed by atoms with Crippen molar-refractivity contribution in [2.75, 3.05) is 7.05 Å². The van der Waals surface area contributed by atoms with Gasteiger partial charge in [0, 0.05) is 11.7 Å². The van der Waals surface area contributed by atoms with E-state index in [0.29, 0.717) is 6.04 Å². The van der Waals surface area contributed by atoms with Gasteiger partial charge < -0.3 is 5.32 Å². The smallest absolute Gasteiger partial charge is 0.177 e. The summed E-state index contributed by atoms with van der Waals surface area (Å²) >= 11 is 0. The van der Waals surface area contributed by atoms with E-state index in [-0.39, 0.29) is 11.4 Å². The lowest BCUT2D eigenvalue weighted by molar-refractivity contribution is 0.577. The minimum Gasteiger partial charge on any atom is -0.313 e. The predicted octanol–water partition coefficient (Wildman–Crippen LogP) is 2.29. The van der Waals surface area contributed by atoms with E-state index in [1.807, 2.05) is 43.5 Å². The first kappa shape index (κ1) is 13.8. The van der Waals surface area contributed by atoms with E-state index < -0.39 is 0 Å². The maximum Gasteiger partial charge on any atom is 0.177 e. The Hall–Kier alpha value is -2.63. The van der Waals surface area contributed by atoms with Crippen molar-refractivity contribution in [2.45, 2.75) is 19.4 Å². The lowest BCUT2D eigenvalue weighted by Crippen LogP contribution is -2.15. The number of nitriles is 2. The predicted molar refractivity (Wildman–Crippen MR) is 75.1 cm³/mol. The molecule has 1 unspecified atom stereocenters. The Morgan fingerprint density at radius 3 is 2.45 bits per heavy atom. The van der Waals surface area contributed by atoms with Gasteiger partial charge in [-0.1, -0.05) is 19.1 Å². The van der Waals surface area contributed by atoms with Crippen LogP contribution in [0.25, 0.3) is 5.69 Å². The van der Waals surface area contributed by atoms with Gasteiger partial charge in [-0.15, -0.1) is 0 Å². The van der Waals surface area contributed by atoms with E-state index in [2.05, 4.69) is 17.2 Å². The number of benzene rings is 1. The van der Waals surface area contributed by atoms with Crippen molar-refractivity contribution < 1.29 is 0 Å². The summed E-state index contributed by atoms with van der Waals surface area (Å²) in [6, 6.07) is 12.2. The van der Waals surface area contributed by atoms with E-state index in [1.165, 1.54) is 11.9 Å². The van der Waals surface area contributed by atoms with Gasteiger partial charge in [0.15, 0.2) is 11.4 Å². The first-order valence-electron chi connectivity index (χ1n) is 6.40. The number of nitrogens with one attached hydrogen (secondary N) is 1. The number of imidazole rings is 1. The summed E-state index contributed by atoms with van der Waals surface area (Å²) in [4.78, 5) is 3.94. The molecule has 5 nitrogen and oxygen atoms in total. The molecule has 0 amide bonds. The summed E-state index contributed by atoms with van der Waals surface area (Å²) in [5.41, 5.74) is 2.43. The van der Waals surface area contributed by atoms with E-state index >= 15 is 0 Å². The van der Waals surface area contributed by atoms with Gasteiger partial charge in [-0.25, -0.2) is 4.98 Å². The number of hydrogen-bond acceptors (Lipinski definition) is 4. The Labute approximate surface area is 118 Å². The van der Waals surface area contributed by atoms with E-state index in [1.54, 1.807) is 4.57 Å². The van der Waals surface area contributed by atoms with Crippen LogP contribution in [0.1, 0.15) is 36.3 Å². The molecule has 2 rings (SSSR count). The first-order valence-corrected chi connectivity index (χ1v) is 6.40. The summed E-state index contributed by atoms with van der Waals surface area (Å²) < 4.78 is 1.63. The molecule has 0 spiro atoms. The Bertz CT molecular complexity index is 666. The van der Waals surface area contributed by atoms with Crippen LogP contribution in [-0.2, 0) is 0 Å². The maximum atomic E-state index is 9.13.